The van der Waals surface area contributed by atoms with Gasteiger partial charge in [-0.1, -0.05) is 42.5 Å². The monoisotopic (exact) mass is 375 g/mol. The number of rotatable bonds is 4. The molecule has 0 atom stereocenters. The molecule has 1 fully saturated rings. The van der Waals surface area contributed by atoms with Crippen LogP contribution in [0.1, 0.15) is 19.8 Å². The van der Waals surface area contributed by atoms with Gasteiger partial charge in [-0.05, 0) is 48.7 Å². The Bertz CT molecular complexity index is 980. The molecule has 0 aliphatic carbocycles. The van der Waals surface area contributed by atoms with Crippen LogP contribution in [0.5, 0.6) is 0 Å². The number of carboxylic acid groups (broad SMARTS) is 1. The average molecular weight is 375 g/mol. The number of nitrogens with zero attached hydrogens (tertiary/aromatic N) is 3. The fourth-order valence-electron chi connectivity index (χ4n) is 4.07. The zero-order chi connectivity index (χ0) is 19.5. The van der Waals surface area contributed by atoms with Crippen molar-refractivity contribution in [3.8, 4) is 11.3 Å². The highest BCUT2D eigenvalue weighted by molar-refractivity contribution is 5.86. The molecule has 2 heterocycles. The Morgan fingerprint density at radius 1 is 1.07 bits per heavy atom. The van der Waals surface area contributed by atoms with Crippen molar-refractivity contribution < 1.29 is 9.90 Å². The third-order valence-electron chi connectivity index (χ3n) is 5.60. The first-order valence-electron chi connectivity index (χ1n) is 9.86. The van der Waals surface area contributed by atoms with Crippen LogP contribution in [-0.4, -0.2) is 46.8 Å². The lowest BCUT2D eigenvalue weighted by Gasteiger charge is -2.37. The highest BCUT2D eigenvalue weighted by atomic mass is 16.4. The molecule has 2 aromatic carbocycles. The van der Waals surface area contributed by atoms with E-state index in [1.165, 1.54) is 10.8 Å². The molecule has 3 aromatic rings. The number of benzene rings is 2. The minimum atomic E-state index is -0.822. The molecule has 0 unspecified atom stereocenters. The first-order chi connectivity index (χ1) is 13.7. The SMILES string of the molecule is CCN(C(=O)O)C1CCN(c2cccc(-c3ccc4ccccc4c3)n2)CC1. The largest absolute Gasteiger partial charge is 0.465 e. The summed E-state index contributed by atoms with van der Waals surface area (Å²) in [5.74, 6) is 0.961. The minimum Gasteiger partial charge on any atom is -0.465 e. The first kappa shape index (κ1) is 18.3. The normalized spacial score (nSPS) is 15.0. The van der Waals surface area contributed by atoms with Crippen molar-refractivity contribution in [2.24, 2.45) is 0 Å². The predicted molar refractivity (Wildman–Crippen MR) is 113 cm³/mol. The van der Waals surface area contributed by atoms with Crippen molar-refractivity contribution in [3.05, 3.63) is 60.7 Å². The van der Waals surface area contributed by atoms with Gasteiger partial charge in [0.1, 0.15) is 5.82 Å². The van der Waals surface area contributed by atoms with Crippen LogP contribution in [-0.2, 0) is 0 Å². The van der Waals surface area contributed by atoms with Crippen LogP contribution in [0.2, 0.25) is 0 Å². The second kappa shape index (κ2) is 7.89. The smallest absolute Gasteiger partial charge is 0.407 e. The minimum absolute atomic E-state index is 0.0995. The molecule has 28 heavy (non-hydrogen) atoms. The maximum Gasteiger partial charge on any atom is 0.407 e. The van der Waals surface area contributed by atoms with Crippen LogP contribution >= 0.6 is 0 Å². The zero-order valence-corrected chi connectivity index (χ0v) is 16.1. The molecule has 5 nitrogen and oxygen atoms in total. The predicted octanol–water partition coefficient (Wildman–Crippen LogP) is 4.87. The van der Waals surface area contributed by atoms with Crippen LogP contribution in [0.25, 0.3) is 22.0 Å². The summed E-state index contributed by atoms with van der Waals surface area (Å²) >= 11 is 0. The van der Waals surface area contributed by atoms with Crippen LogP contribution in [0.15, 0.2) is 60.7 Å². The first-order valence-corrected chi connectivity index (χ1v) is 9.86. The van der Waals surface area contributed by atoms with Gasteiger partial charge in [-0.25, -0.2) is 9.78 Å². The number of anilines is 1. The molecule has 1 aromatic heterocycles. The summed E-state index contributed by atoms with van der Waals surface area (Å²) in [6.07, 6.45) is 0.849. The van der Waals surface area contributed by atoms with E-state index in [9.17, 15) is 9.90 Å². The van der Waals surface area contributed by atoms with Crippen molar-refractivity contribution >= 4 is 22.7 Å². The molecule has 144 valence electrons. The van der Waals surface area contributed by atoms with Crippen LogP contribution < -0.4 is 4.90 Å². The Labute approximate surface area is 165 Å². The summed E-state index contributed by atoms with van der Waals surface area (Å²) in [4.78, 5) is 20.1. The Kier molecular flexibility index (Phi) is 5.15. The van der Waals surface area contributed by atoms with Gasteiger partial charge in [0.2, 0.25) is 0 Å². The van der Waals surface area contributed by atoms with Gasteiger partial charge >= 0.3 is 6.09 Å². The fraction of sp³-hybridized carbons (Fsp3) is 0.304. The van der Waals surface area contributed by atoms with E-state index in [4.69, 9.17) is 4.98 Å². The molecule has 1 aliphatic rings. The molecule has 0 bridgehead atoms. The van der Waals surface area contributed by atoms with Crippen molar-refractivity contribution in [3.63, 3.8) is 0 Å². The lowest BCUT2D eigenvalue weighted by atomic mass is 10.0. The van der Waals surface area contributed by atoms with E-state index in [1.54, 1.807) is 4.90 Å². The van der Waals surface area contributed by atoms with E-state index in [2.05, 4.69) is 53.4 Å². The standard InChI is InChI=1S/C23H25N3O2/c1-2-26(23(27)28)20-12-14-25(15-13-20)22-9-5-8-21(24-22)19-11-10-17-6-3-4-7-18(17)16-19/h3-11,16,20H,2,12-15H2,1H3,(H,27,28). The van der Waals surface area contributed by atoms with E-state index in [0.717, 1.165) is 43.0 Å². The van der Waals surface area contributed by atoms with Gasteiger partial charge in [-0.3, -0.25) is 0 Å². The van der Waals surface area contributed by atoms with Crippen LogP contribution in [0, 0.1) is 0 Å². The quantitative estimate of drug-likeness (QED) is 0.707. The number of pyridine rings is 1. The topological polar surface area (TPSA) is 56.7 Å². The van der Waals surface area contributed by atoms with E-state index in [-0.39, 0.29) is 6.04 Å². The highest BCUT2D eigenvalue weighted by Gasteiger charge is 2.27. The number of piperidine rings is 1. The number of hydrogen-bond donors (Lipinski definition) is 1. The summed E-state index contributed by atoms with van der Waals surface area (Å²) in [6.45, 7) is 4.08. The molecule has 4 rings (SSSR count). The molecule has 0 spiro atoms. The highest BCUT2D eigenvalue weighted by Crippen LogP contribution is 2.27. The molecule has 0 saturated carbocycles. The molecule has 1 N–H and O–H groups in total. The molecule has 5 heteroatoms. The summed E-state index contributed by atoms with van der Waals surface area (Å²) in [5.41, 5.74) is 2.07. The molecule has 1 aliphatic heterocycles. The Morgan fingerprint density at radius 3 is 2.54 bits per heavy atom. The lowest BCUT2D eigenvalue weighted by molar-refractivity contribution is 0.119. The Morgan fingerprint density at radius 2 is 1.82 bits per heavy atom. The average Bonchev–Trinajstić information content (AvgIpc) is 2.74. The maximum absolute atomic E-state index is 11.4. The molecule has 1 saturated heterocycles. The van der Waals surface area contributed by atoms with E-state index >= 15 is 0 Å². The van der Waals surface area contributed by atoms with Crippen LogP contribution in [0.3, 0.4) is 0 Å². The zero-order valence-electron chi connectivity index (χ0n) is 16.1. The number of fused-ring (bicyclic) bond motifs is 1. The van der Waals surface area contributed by atoms with Crippen molar-refractivity contribution in [1.29, 1.82) is 0 Å². The number of aromatic nitrogens is 1. The summed E-state index contributed by atoms with van der Waals surface area (Å²) in [6, 6.07) is 21.0. The number of carbonyl (C=O) groups is 1. The molecule has 1 amide bonds. The molecular formula is C23H25N3O2. The van der Waals surface area contributed by atoms with Gasteiger partial charge in [0.25, 0.3) is 0 Å². The third-order valence-corrected chi connectivity index (χ3v) is 5.60. The third kappa shape index (κ3) is 3.65. The molecule has 0 radical (unpaired) electrons. The van der Waals surface area contributed by atoms with E-state index in [0.29, 0.717) is 6.54 Å². The summed E-state index contributed by atoms with van der Waals surface area (Å²) < 4.78 is 0. The second-order valence-electron chi connectivity index (χ2n) is 7.23. The van der Waals surface area contributed by atoms with Gasteiger partial charge in [0.15, 0.2) is 0 Å². The second-order valence-corrected chi connectivity index (χ2v) is 7.23. The van der Waals surface area contributed by atoms with Gasteiger partial charge in [-0.2, -0.15) is 0 Å². The van der Waals surface area contributed by atoms with E-state index < -0.39 is 6.09 Å². The van der Waals surface area contributed by atoms with Crippen molar-refractivity contribution in [1.82, 2.24) is 9.88 Å². The van der Waals surface area contributed by atoms with Crippen molar-refractivity contribution in [2.45, 2.75) is 25.8 Å². The van der Waals surface area contributed by atoms with Gasteiger partial charge in [-0.15, -0.1) is 0 Å². The number of amides is 1. The fourth-order valence-corrected chi connectivity index (χ4v) is 4.07. The maximum atomic E-state index is 11.4. The van der Waals surface area contributed by atoms with Crippen molar-refractivity contribution in [2.75, 3.05) is 24.5 Å². The Hall–Kier alpha value is -3.08. The van der Waals surface area contributed by atoms with Gasteiger partial charge in [0, 0.05) is 31.2 Å². The van der Waals surface area contributed by atoms with Gasteiger partial charge < -0.3 is 14.9 Å². The number of hydrogen-bond acceptors (Lipinski definition) is 3. The summed E-state index contributed by atoms with van der Waals surface area (Å²) in [7, 11) is 0. The lowest BCUT2D eigenvalue weighted by Crippen LogP contribution is -2.47. The van der Waals surface area contributed by atoms with Crippen LogP contribution in [0.4, 0.5) is 10.6 Å². The summed E-state index contributed by atoms with van der Waals surface area (Å²) in [5, 5.41) is 11.8. The van der Waals surface area contributed by atoms with Gasteiger partial charge in [0.05, 0.1) is 5.69 Å². The Balaban J connectivity index is 1.52. The van der Waals surface area contributed by atoms with E-state index in [1.807, 2.05) is 19.1 Å². The molecular weight excluding hydrogens is 350 g/mol.